The lowest BCUT2D eigenvalue weighted by atomic mass is 10.0. The summed E-state index contributed by atoms with van der Waals surface area (Å²) in [6.45, 7) is 6.10. The van der Waals surface area contributed by atoms with Gasteiger partial charge in [-0.1, -0.05) is 13.0 Å². The maximum Gasteiger partial charge on any atom is 0.165 e. The van der Waals surface area contributed by atoms with Crippen LogP contribution in [0.4, 0.5) is 4.39 Å². The van der Waals surface area contributed by atoms with Crippen molar-refractivity contribution in [1.82, 2.24) is 4.90 Å². The Balaban J connectivity index is 3.03. The number of nitrogens with two attached hydrogens (primary N) is 1. The molecule has 5 heteroatoms. The third-order valence-corrected chi connectivity index (χ3v) is 3.89. The second-order valence-electron chi connectivity index (χ2n) is 5.13. The summed E-state index contributed by atoms with van der Waals surface area (Å²) in [4.78, 5) is 2.27. The predicted octanol–water partition coefficient (Wildman–Crippen LogP) is 2.58. The Morgan fingerprint density at radius 1 is 1.33 bits per heavy atom. The molecule has 120 valence electrons. The molecular weight excluding hydrogens is 271 g/mol. The van der Waals surface area contributed by atoms with Crippen molar-refractivity contribution in [3.05, 3.63) is 29.6 Å². The van der Waals surface area contributed by atoms with E-state index < -0.39 is 0 Å². The van der Waals surface area contributed by atoms with E-state index in [1.54, 1.807) is 13.2 Å². The topological polar surface area (TPSA) is 47.7 Å². The fraction of sp³-hybridized carbons (Fsp3) is 0.625. The molecule has 1 rings (SSSR count). The van der Waals surface area contributed by atoms with Crippen molar-refractivity contribution in [2.45, 2.75) is 32.4 Å². The van der Waals surface area contributed by atoms with E-state index in [2.05, 4.69) is 18.7 Å². The number of nitrogens with zero attached hydrogens (tertiary/aromatic N) is 1. The number of ether oxygens (including phenoxy) is 2. The van der Waals surface area contributed by atoms with E-state index >= 15 is 0 Å². The lowest BCUT2D eigenvalue weighted by molar-refractivity contribution is 0.0901. The van der Waals surface area contributed by atoms with Gasteiger partial charge in [0.25, 0.3) is 0 Å². The van der Waals surface area contributed by atoms with Crippen LogP contribution < -0.4 is 10.5 Å². The molecule has 0 spiro atoms. The summed E-state index contributed by atoms with van der Waals surface area (Å²) in [5.74, 6) is -0.106. The van der Waals surface area contributed by atoms with Gasteiger partial charge in [-0.2, -0.15) is 0 Å². The van der Waals surface area contributed by atoms with E-state index in [0.717, 1.165) is 18.5 Å². The lowest BCUT2D eigenvalue weighted by Gasteiger charge is -2.35. The van der Waals surface area contributed by atoms with Gasteiger partial charge in [0.05, 0.1) is 13.7 Å². The number of hydrogen-bond acceptors (Lipinski definition) is 4. The second kappa shape index (κ2) is 8.97. The van der Waals surface area contributed by atoms with Gasteiger partial charge in [-0.3, -0.25) is 4.90 Å². The highest BCUT2D eigenvalue weighted by atomic mass is 19.1. The normalized spacial score (nSPS) is 14.2. The first-order valence-corrected chi connectivity index (χ1v) is 7.37. The Kier molecular flexibility index (Phi) is 7.64. The summed E-state index contributed by atoms with van der Waals surface area (Å²) in [7, 11) is 3.14. The van der Waals surface area contributed by atoms with Gasteiger partial charge >= 0.3 is 0 Å². The van der Waals surface area contributed by atoms with Gasteiger partial charge in [-0.15, -0.1) is 0 Å². The Morgan fingerprint density at radius 3 is 2.52 bits per heavy atom. The van der Waals surface area contributed by atoms with Gasteiger partial charge < -0.3 is 15.2 Å². The van der Waals surface area contributed by atoms with Crippen molar-refractivity contribution in [3.8, 4) is 5.75 Å². The van der Waals surface area contributed by atoms with E-state index in [4.69, 9.17) is 15.2 Å². The van der Waals surface area contributed by atoms with Gasteiger partial charge in [0.2, 0.25) is 0 Å². The van der Waals surface area contributed by atoms with Crippen LogP contribution in [0.1, 0.15) is 31.9 Å². The van der Waals surface area contributed by atoms with Crippen molar-refractivity contribution in [2.75, 3.05) is 33.9 Å². The molecule has 2 atom stereocenters. The summed E-state index contributed by atoms with van der Waals surface area (Å²) < 4.78 is 24.1. The summed E-state index contributed by atoms with van der Waals surface area (Å²) in [6, 6.07) is 5.35. The fourth-order valence-electron chi connectivity index (χ4n) is 2.47. The van der Waals surface area contributed by atoms with Crippen molar-refractivity contribution in [3.63, 3.8) is 0 Å². The minimum Gasteiger partial charge on any atom is -0.494 e. The van der Waals surface area contributed by atoms with Crippen LogP contribution >= 0.6 is 0 Å². The van der Waals surface area contributed by atoms with Crippen LogP contribution in [0.2, 0.25) is 0 Å². The van der Waals surface area contributed by atoms with Crippen molar-refractivity contribution in [1.29, 1.82) is 0 Å². The molecule has 0 amide bonds. The molecule has 0 saturated heterocycles. The van der Waals surface area contributed by atoms with Crippen LogP contribution in [0, 0.1) is 5.82 Å². The third kappa shape index (κ3) is 4.66. The Morgan fingerprint density at radius 2 is 2.05 bits per heavy atom. The SMILES string of the molecule is CCC(C)N(CCOC)C(CN)c1ccc(OC)c(F)c1. The largest absolute Gasteiger partial charge is 0.494 e. The van der Waals surface area contributed by atoms with E-state index in [1.165, 1.54) is 13.2 Å². The fourth-order valence-corrected chi connectivity index (χ4v) is 2.47. The Bertz CT molecular complexity index is 429. The van der Waals surface area contributed by atoms with E-state index in [1.807, 2.05) is 6.07 Å². The minimum absolute atomic E-state index is 0.0319. The van der Waals surface area contributed by atoms with Crippen LogP contribution in [-0.4, -0.2) is 44.9 Å². The molecule has 0 aliphatic rings. The molecule has 4 nitrogen and oxygen atoms in total. The van der Waals surface area contributed by atoms with Gasteiger partial charge in [-0.05, 0) is 31.0 Å². The molecule has 0 radical (unpaired) electrons. The van der Waals surface area contributed by atoms with Crippen LogP contribution in [0.25, 0.3) is 0 Å². The van der Waals surface area contributed by atoms with E-state index in [9.17, 15) is 4.39 Å². The Hall–Kier alpha value is -1.17. The smallest absolute Gasteiger partial charge is 0.165 e. The molecule has 2 N–H and O–H groups in total. The van der Waals surface area contributed by atoms with Crippen LogP contribution in [0.5, 0.6) is 5.75 Å². The van der Waals surface area contributed by atoms with Gasteiger partial charge in [-0.25, -0.2) is 4.39 Å². The monoisotopic (exact) mass is 298 g/mol. The molecule has 21 heavy (non-hydrogen) atoms. The highest BCUT2D eigenvalue weighted by Gasteiger charge is 2.23. The van der Waals surface area contributed by atoms with E-state index in [0.29, 0.717) is 19.2 Å². The van der Waals surface area contributed by atoms with Gasteiger partial charge in [0.1, 0.15) is 0 Å². The molecule has 2 unspecified atom stereocenters. The molecule has 0 fully saturated rings. The quantitative estimate of drug-likeness (QED) is 0.761. The number of methoxy groups -OCH3 is 2. The first kappa shape index (κ1) is 17.9. The van der Waals surface area contributed by atoms with Crippen molar-refractivity contribution in [2.24, 2.45) is 5.73 Å². The molecule has 0 aromatic heterocycles. The zero-order chi connectivity index (χ0) is 15.8. The minimum atomic E-state index is -0.357. The number of rotatable bonds is 9. The third-order valence-electron chi connectivity index (χ3n) is 3.89. The average Bonchev–Trinajstić information content (AvgIpc) is 2.50. The summed E-state index contributed by atoms with van der Waals surface area (Å²) >= 11 is 0. The molecule has 0 aliphatic heterocycles. The standard InChI is InChI=1S/C16H27FN2O2/c1-5-12(2)19(8-9-20-3)15(11-18)13-6-7-16(21-4)14(17)10-13/h6-7,10,12,15H,5,8-9,11,18H2,1-4H3. The summed E-state index contributed by atoms with van der Waals surface area (Å²) in [5, 5.41) is 0. The molecule has 0 heterocycles. The summed E-state index contributed by atoms with van der Waals surface area (Å²) in [5.41, 5.74) is 6.82. The number of benzene rings is 1. The van der Waals surface area contributed by atoms with E-state index in [-0.39, 0.29) is 17.6 Å². The maximum absolute atomic E-state index is 13.9. The maximum atomic E-state index is 13.9. The molecule has 0 saturated carbocycles. The molecule has 1 aromatic carbocycles. The molecular formula is C16H27FN2O2. The van der Waals surface area contributed by atoms with Gasteiger partial charge in [0, 0.05) is 32.3 Å². The van der Waals surface area contributed by atoms with Crippen molar-refractivity contribution >= 4 is 0 Å². The predicted molar refractivity (Wildman–Crippen MR) is 83.1 cm³/mol. The van der Waals surface area contributed by atoms with Crippen LogP contribution in [-0.2, 0) is 4.74 Å². The Labute approximate surface area is 127 Å². The number of halogens is 1. The number of hydrogen-bond donors (Lipinski definition) is 1. The van der Waals surface area contributed by atoms with Crippen LogP contribution in [0.3, 0.4) is 0 Å². The molecule has 0 bridgehead atoms. The average molecular weight is 298 g/mol. The van der Waals surface area contributed by atoms with Crippen LogP contribution in [0.15, 0.2) is 18.2 Å². The second-order valence-corrected chi connectivity index (χ2v) is 5.13. The molecule has 1 aromatic rings. The zero-order valence-electron chi connectivity index (χ0n) is 13.4. The molecule has 0 aliphatic carbocycles. The lowest BCUT2D eigenvalue weighted by Crippen LogP contribution is -2.41. The first-order valence-electron chi connectivity index (χ1n) is 7.37. The highest BCUT2D eigenvalue weighted by Crippen LogP contribution is 2.27. The summed E-state index contributed by atoms with van der Waals surface area (Å²) in [6.07, 6.45) is 0.999. The first-order chi connectivity index (χ1) is 10.1. The highest BCUT2D eigenvalue weighted by molar-refractivity contribution is 5.31. The van der Waals surface area contributed by atoms with Gasteiger partial charge in [0.15, 0.2) is 11.6 Å². The van der Waals surface area contributed by atoms with Crippen molar-refractivity contribution < 1.29 is 13.9 Å². The zero-order valence-corrected chi connectivity index (χ0v) is 13.4.